The van der Waals surface area contributed by atoms with E-state index in [0.717, 1.165) is 38.0 Å². The van der Waals surface area contributed by atoms with Crippen molar-refractivity contribution in [3.8, 4) is 0 Å². The van der Waals surface area contributed by atoms with E-state index in [2.05, 4.69) is 9.62 Å². The number of rotatable bonds is 5. The third-order valence-electron chi connectivity index (χ3n) is 4.61. The fraction of sp³-hybridized carbons (Fsp3) is 0.625. The zero-order valence-electron chi connectivity index (χ0n) is 13.3. The number of nitrogens with zero attached hydrogens (tertiary/aromatic N) is 1. The highest BCUT2D eigenvalue weighted by Gasteiger charge is 2.46. The first-order valence-electron chi connectivity index (χ1n) is 7.89. The Balaban J connectivity index is 1.42. The van der Waals surface area contributed by atoms with Crippen LogP contribution >= 0.6 is 0 Å². The molecule has 0 amide bonds. The molecular weight excluding hydrogens is 319 g/mol. The third kappa shape index (κ3) is 4.50. The SMILES string of the molecule is CS(=O)(=O)NC[C@@H]1CCC2(CN(Cc3ccc(F)cc3)C2)OC1. The highest BCUT2D eigenvalue weighted by molar-refractivity contribution is 7.88. The summed E-state index contributed by atoms with van der Waals surface area (Å²) >= 11 is 0. The lowest BCUT2D eigenvalue weighted by Gasteiger charge is -2.53. The fourth-order valence-electron chi connectivity index (χ4n) is 3.33. The fourth-order valence-corrected chi connectivity index (χ4v) is 3.86. The van der Waals surface area contributed by atoms with Gasteiger partial charge in [0, 0.05) is 26.2 Å². The molecule has 2 aliphatic heterocycles. The Morgan fingerprint density at radius 1 is 1.35 bits per heavy atom. The number of benzene rings is 1. The van der Waals surface area contributed by atoms with Gasteiger partial charge < -0.3 is 4.74 Å². The molecule has 2 aliphatic rings. The predicted molar refractivity (Wildman–Crippen MR) is 85.9 cm³/mol. The van der Waals surface area contributed by atoms with Crippen LogP contribution in [0, 0.1) is 11.7 Å². The Morgan fingerprint density at radius 2 is 2.04 bits per heavy atom. The van der Waals surface area contributed by atoms with Crippen LogP contribution in [0.2, 0.25) is 0 Å². The van der Waals surface area contributed by atoms with Gasteiger partial charge in [-0.25, -0.2) is 17.5 Å². The van der Waals surface area contributed by atoms with E-state index in [0.29, 0.717) is 13.2 Å². The number of sulfonamides is 1. The van der Waals surface area contributed by atoms with Gasteiger partial charge >= 0.3 is 0 Å². The van der Waals surface area contributed by atoms with Gasteiger partial charge in [0.2, 0.25) is 10.0 Å². The molecule has 3 rings (SSSR count). The number of halogens is 1. The van der Waals surface area contributed by atoms with Crippen LogP contribution in [0.3, 0.4) is 0 Å². The Morgan fingerprint density at radius 3 is 2.61 bits per heavy atom. The lowest BCUT2D eigenvalue weighted by Crippen LogP contribution is -2.64. The van der Waals surface area contributed by atoms with Gasteiger partial charge in [-0.15, -0.1) is 0 Å². The Hall–Kier alpha value is -1.02. The minimum atomic E-state index is -3.13. The van der Waals surface area contributed by atoms with E-state index in [1.807, 2.05) is 12.1 Å². The van der Waals surface area contributed by atoms with E-state index in [1.54, 1.807) is 0 Å². The highest BCUT2D eigenvalue weighted by atomic mass is 32.2. The van der Waals surface area contributed by atoms with Crippen LogP contribution in [0.1, 0.15) is 18.4 Å². The second-order valence-electron chi connectivity index (χ2n) is 6.79. The molecule has 0 aliphatic carbocycles. The standard InChI is InChI=1S/C16H23FN2O3S/c1-23(20,21)18-8-14-6-7-16(22-10-14)11-19(12-16)9-13-2-4-15(17)5-3-13/h2-5,14,18H,6-12H2,1H3/t14-/m0/s1. The van der Waals surface area contributed by atoms with Crippen molar-refractivity contribution in [2.45, 2.75) is 25.0 Å². The molecule has 0 bridgehead atoms. The number of hydrogen-bond acceptors (Lipinski definition) is 4. The molecule has 2 heterocycles. The van der Waals surface area contributed by atoms with E-state index in [9.17, 15) is 12.8 Å². The molecule has 0 unspecified atom stereocenters. The molecule has 1 spiro atoms. The van der Waals surface area contributed by atoms with Crippen molar-refractivity contribution in [1.29, 1.82) is 0 Å². The summed E-state index contributed by atoms with van der Waals surface area (Å²) in [6.07, 6.45) is 3.12. The molecule has 128 valence electrons. The van der Waals surface area contributed by atoms with E-state index in [4.69, 9.17) is 4.74 Å². The molecule has 0 radical (unpaired) electrons. The zero-order valence-corrected chi connectivity index (χ0v) is 14.1. The number of likely N-dealkylation sites (tertiary alicyclic amines) is 1. The third-order valence-corrected chi connectivity index (χ3v) is 5.30. The summed E-state index contributed by atoms with van der Waals surface area (Å²) in [5, 5.41) is 0. The molecule has 1 aromatic carbocycles. The topological polar surface area (TPSA) is 58.6 Å². The van der Waals surface area contributed by atoms with E-state index in [-0.39, 0.29) is 17.3 Å². The van der Waals surface area contributed by atoms with E-state index in [1.165, 1.54) is 18.4 Å². The first-order valence-corrected chi connectivity index (χ1v) is 9.78. The molecule has 7 heteroatoms. The van der Waals surface area contributed by atoms with Crippen LogP contribution in [-0.2, 0) is 21.3 Å². The van der Waals surface area contributed by atoms with Gasteiger partial charge in [-0.05, 0) is 36.5 Å². The summed E-state index contributed by atoms with van der Waals surface area (Å²) in [7, 11) is -3.13. The lowest BCUT2D eigenvalue weighted by atomic mass is 9.83. The summed E-state index contributed by atoms with van der Waals surface area (Å²) in [6.45, 7) is 3.64. The van der Waals surface area contributed by atoms with Gasteiger partial charge in [0.1, 0.15) is 5.82 Å². The van der Waals surface area contributed by atoms with E-state index >= 15 is 0 Å². The van der Waals surface area contributed by atoms with Crippen LogP contribution in [0.5, 0.6) is 0 Å². The largest absolute Gasteiger partial charge is 0.372 e. The zero-order chi connectivity index (χ0) is 16.5. The Bertz CT molecular complexity index is 632. The maximum absolute atomic E-state index is 12.9. The highest BCUT2D eigenvalue weighted by Crippen LogP contribution is 2.36. The average Bonchev–Trinajstić information content (AvgIpc) is 2.46. The number of nitrogens with one attached hydrogen (secondary N) is 1. The van der Waals surface area contributed by atoms with Crippen LogP contribution in [0.4, 0.5) is 4.39 Å². The Kier molecular flexibility index (Phi) is 4.73. The molecule has 0 saturated carbocycles. The van der Waals surface area contributed by atoms with Gasteiger partial charge in [0.25, 0.3) is 0 Å². The van der Waals surface area contributed by atoms with E-state index < -0.39 is 10.0 Å². The molecular formula is C16H23FN2O3S. The molecule has 2 saturated heterocycles. The Labute approximate surface area is 136 Å². The van der Waals surface area contributed by atoms with Gasteiger partial charge in [-0.3, -0.25) is 4.90 Å². The summed E-state index contributed by atoms with van der Waals surface area (Å²) in [4.78, 5) is 2.29. The molecule has 1 N–H and O–H groups in total. The molecule has 0 aromatic heterocycles. The maximum Gasteiger partial charge on any atom is 0.208 e. The van der Waals surface area contributed by atoms with Gasteiger partial charge in [-0.2, -0.15) is 0 Å². The minimum absolute atomic E-state index is 0.0678. The number of hydrogen-bond donors (Lipinski definition) is 1. The average molecular weight is 342 g/mol. The smallest absolute Gasteiger partial charge is 0.208 e. The maximum atomic E-state index is 12.9. The van der Waals surface area contributed by atoms with Crippen molar-refractivity contribution in [2.75, 3.05) is 32.5 Å². The molecule has 1 atom stereocenters. The number of ether oxygens (including phenoxy) is 1. The summed E-state index contributed by atoms with van der Waals surface area (Å²) in [5.41, 5.74) is 1.04. The van der Waals surface area contributed by atoms with Crippen molar-refractivity contribution in [2.24, 2.45) is 5.92 Å². The van der Waals surface area contributed by atoms with Crippen LogP contribution in [0.15, 0.2) is 24.3 Å². The van der Waals surface area contributed by atoms with Crippen molar-refractivity contribution >= 4 is 10.0 Å². The second kappa shape index (κ2) is 6.47. The summed E-state index contributed by atoms with van der Waals surface area (Å²) in [5.74, 6) is 0.0414. The van der Waals surface area contributed by atoms with Crippen molar-refractivity contribution in [1.82, 2.24) is 9.62 Å². The minimum Gasteiger partial charge on any atom is -0.372 e. The first-order chi connectivity index (χ1) is 10.8. The normalized spacial score (nSPS) is 24.5. The van der Waals surface area contributed by atoms with Crippen molar-refractivity contribution in [3.63, 3.8) is 0 Å². The summed E-state index contributed by atoms with van der Waals surface area (Å²) in [6, 6.07) is 6.60. The molecule has 1 aromatic rings. The summed E-state index contributed by atoms with van der Waals surface area (Å²) < 4.78 is 43.7. The van der Waals surface area contributed by atoms with Crippen molar-refractivity contribution < 1.29 is 17.5 Å². The molecule has 23 heavy (non-hydrogen) atoms. The van der Waals surface area contributed by atoms with Gasteiger partial charge in [0.15, 0.2) is 0 Å². The second-order valence-corrected chi connectivity index (χ2v) is 8.62. The van der Waals surface area contributed by atoms with Gasteiger partial charge in [0.05, 0.1) is 18.5 Å². The van der Waals surface area contributed by atoms with Gasteiger partial charge in [-0.1, -0.05) is 12.1 Å². The quantitative estimate of drug-likeness (QED) is 0.878. The predicted octanol–water partition coefficient (Wildman–Crippen LogP) is 1.36. The van der Waals surface area contributed by atoms with Crippen LogP contribution in [-0.4, -0.2) is 51.4 Å². The first kappa shape index (κ1) is 16.8. The molecule has 2 fully saturated rings. The van der Waals surface area contributed by atoms with Crippen LogP contribution in [0.25, 0.3) is 0 Å². The van der Waals surface area contributed by atoms with Crippen LogP contribution < -0.4 is 4.72 Å². The monoisotopic (exact) mass is 342 g/mol. The lowest BCUT2D eigenvalue weighted by molar-refractivity contribution is -0.181. The molecule has 5 nitrogen and oxygen atoms in total. The van der Waals surface area contributed by atoms with Crippen molar-refractivity contribution in [3.05, 3.63) is 35.6 Å².